The standard InChI is InChI=1S/C15H24N2O/c1-3-8-18-15-10-13(6-7-14(15)16)17-12-5-4-11(2)9-12/h6-7,10-12,17H,3-5,8-9,16H2,1-2H3. The Balaban J connectivity index is 2.00. The monoisotopic (exact) mass is 248 g/mol. The average molecular weight is 248 g/mol. The third-order valence-electron chi connectivity index (χ3n) is 3.54. The lowest BCUT2D eigenvalue weighted by molar-refractivity contribution is 0.319. The molecule has 0 amide bonds. The van der Waals surface area contributed by atoms with Crippen molar-refractivity contribution in [3.05, 3.63) is 18.2 Å². The predicted octanol–water partition coefficient (Wildman–Crippen LogP) is 3.66. The SMILES string of the molecule is CCCOc1cc(NC2CCC(C)C2)ccc1N. The van der Waals surface area contributed by atoms with Gasteiger partial charge < -0.3 is 15.8 Å². The number of nitrogen functional groups attached to an aromatic ring is 1. The summed E-state index contributed by atoms with van der Waals surface area (Å²) in [5.41, 5.74) is 7.74. The number of benzene rings is 1. The highest BCUT2D eigenvalue weighted by Gasteiger charge is 2.21. The fraction of sp³-hybridized carbons (Fsp3) is 0.600. The summed E-state index contributed by atoms with van der Waals surface area (Å²) in [5.74, 6) is 1.64. The fourth-order valence-corrected chi connectivity index (χ4v) is 2.54. The van der Waals surface area contributed by atoms with Gasteiger partial charge in [0.15, 0.2) is 0 Å². The molecule has 18 heavy (non-hydrogen) atoms. The maximum Gasteiger partial charge on any atom is 0.144 e. The van der Waals surface area contributed by atoms with Crippen molar-refractivity contribution >= 4 is 11.4 Å². The molecule has 3 N–H and O–H groups in total. The van der Waals surface area contributed by atoms with Gasteiger partial charge in [0.05, 0.1) is 12.3 Å². The van der Waals surface area contributed by atoms with E-state index in [1.807, 2.05) is 18.2 Å². The van der Waals surface area contributed by atoms with Gasteiger partial charge in [0, 0.05) is 17.8 Å². The molecule has 1 aromatic rings. The maximum atomic E-state index is 5.91. The van der Waals surface area contributed by atoms with E-state index >= 15 is 0 Å². The first-order valence-corrected chi connectivity index (χ1v) is 6.98. The summed E-state index contributed by atoms with van der Waals surface area (Å²) in [6.45, 7) is 5.13. The molecule has 0 saturated heterocycles. The zero-order valence-corrected chi connectivity index (χ0v) is 11.4. The molecule has 2 atom stereocenters. The van der Waals surface area contributed by atoms with E-state index in [0.29, 0.717) is 18.3 Å². The largest absolute Gasteiger partial charge is 0.491 e. The third kappa shape index (κ3) is 3.31. The van der Waals surface area contributed by atoms with Crippen LogP contribution in [0.5, 0.6) is 5.75 Å². The molecule has 3 heteroatoms. The van der Waals surface area contributed by atoms with Gasteiger partial charge in [-0.25, -0.2) is 0 Å². The lowest BCUT2D eigenvalue weighted by Crippen LogP contribution is -2.15. The number of nitrogens with two attached hydrogens (primary N) is 1. The average Bonchev–Trinajstić information content (AvgIpc) is 2.75. The highest BCUT2D eigenvalue weighted by molar-refractivity contribution is 5.61. The molecule has 1 saturated carbocycles. The Bertz CT molecular complexity index is 392. The van der Waals surface area contributed by atoms with E-state index in [1.54, 1.807) is 0 Å². The Morgan fingerprint density at radius 2 is 2.22 bits per heavy atom. The minimum atomic E-state index is 0.600. The van der Waals surface area contributed by atoms with E-state index in [1.165, 1.54) is 19.3 Å². The van der Waals surface area contributed by atoms with E-state index < -0.39 is 0 Å². The minimum Gasteiger partial charge on any atom is -0.491 e. The lowest BCUT2D eigenvalue weighted by atomic mass is 10.1. The molecule has 1 aliphatic carbocycles. The number of rotatable bonds is 5. The molecule has 0 radical (unpaired) electrons. The van der Waals surface area contributed by atoms with Crippen LogP contribution in [0.2, 0.25) is 0 Å². The van der Waals surface area contributed by atoms with Gasteiger partial charge in [0.1, 0.15) is 5.75 Å². The maximum absolute atomic E-state index is 5.91. The summed E-state index contributed by atoms with van der Waals surface area (Å²) in [7, 11) is 0. The molecular weight excluding hydrogens is 224 g/mol. The summed E-state index contributed by atoms with van der Waals surface area (Å²) in [4.78, 5) is 0. The molecule has 1 aliphatic rings. The van der Waals surface area contributed by atoms with Crippen molar-refractivity contribution in [1.82, 2.24) is 0 Å². The second kappa shape index (κ2) is 5.98. The second-order valence-electron chi connectivity index (χ2n) is 5.36. The molecule has 100 valence electrons. The van der Waals surface area contributed by atoms with Crippen LogP contribution in [0.3, 0.4) is 0 Å². The van der Waals surface area contributed by atoms with E-state index in [4.69, 9.17) is 10.5 Å². The van der Waals surface area contributed by atoms with Crippen LogP contribution in [0.15, 0.2) is 18.2 Å². The van der Waals surface area contributed by atoms with Crippen molar-refractivity contribution in [2.75, 3.05) is 17.7 Å². The number of anilines is 2. The predicted molar refractivity (Wildman–Crippen MR) is 77.1 cm³/mol. The van der Waals surface area contributed by atoms with Crippen molar-refractivity contribution in [3.8, 4) is 5.75 Å². The van der Waals surface area contributed by atoms with Crippen LogP contribution < -0.4 is 15.8 Å². The summed E-state index contributed by atoms with van der Waals surface area (Å²) in [5, 5.41) is 3.58. The fourth-order valence-electron chi connectivity index (χ4n) is 2.54. The summed E-state index contributed by atoms with van der Waals surface area (Å²) >= 11 is 0. The lowest BCUT2D eigenvalue weighted by Gasteiger charge is -2.16. The van der Waals surface area contributed by atoms with Gasteiger partial charge in [-0.05, 0) is 43.7 Å². The Morgan fingerprint density at radius 3 is 2.89 bits per heavy atom. The van der Waals surface area contributed by atoms with Crippen molar-refractivity contribution in [2.24, 2.45) is 5.92 Å². The summed E-state index contributed by atoms with van der Waals surface area (Å²) in [6.07, 6.45) is 4.84. The van der Waals surface area contributed by atoms with Crippen molar-refractivity contribution in [2.45, 2.75) is 45.6 Å². The zero-order chi connectivity index (χ0) is 13.0. The van der Waals surface area contributed by atoms with Crippen LogP contribution in [0.4, 0.5) is 11.4 Å². The van der Waals surface area contributed by atoms with Gasteiger partial charge in [-0.1, -0.05) is 13.8 Å². The summed E-state index contributed by atoms with van der Waals surface area (Å²) < 4.78 is 5.65. The first kappa shape index (κ1) is 13.1. The van der Waals surface area contributed by atoms with E-state index in [-0.39, 0.29) is 0 Å². The van der Waals surface area contributed by atoms with E-state index in [9.17, 15) is 0 Å². The quantitative estimate of drug-likeness (QED) is 0.782. The molecule has 1 aromatic carbocycles. The van der Waals surface area contributed by atoms with E-state index in [2.05, 4.69) is 19.2 Å². The van der Waals surface area contributed by atoms with Crippen LogP contribution >= 0.6 is 0 Å². The van der Waals surface area contributed by atoms with Crippen molar-refractivity contribution in [1.29, 1.82) is 0 Å². The van der Waals surface area contributed by atoms with E-state index in [0.717, 1.165) is 23.8 Å². The molecule has 1 fully saturated rings. The third-order valence-corrected chi connectivity index (χ3v) is 3.54. The van der Waals surface area contributed by atoms with Crippen molar-refractivity contribution in [3.63, 3.8) is 0 Å². The number of ether oxygens (including phenoxy) is 1. The highest BCUT2D eigenvalue weighted by Crippen LogP contribution is 2.30. The number of nitrogens with one attached hydrogen (secondary N) is 1. The van der Waals surface area contributed by atoms with Gasteiger partial charge in [0.2, 0.25) is 0 Å². The minimum absolute atomic E-state index is 0.600. The zero-order valence-electron chi connectivity index (χ0n) is 11.4. The van der Waals surface area contributed by atoms with Crippen LogP contribution in [0.25, 0.3) is 0 Å². The Morgan fingerprint density at radius 1 is 1.39 bits per heavy atom. The normalized spacial score (nSPS) is 23.0. The van der Waals surface area contributed by atoms with Gasteiger partial charge in [0.25, 0.3) is 0 Å². The van der Waals surface area contributed by atoms with Gasteiger partial charge >= 0.3 is 0 Å². The molecule has 0 aromatic heterocycles. The Hall–Kier alpha value is -1.38. The van der Waals surface area contributed by atoms with Crippen molar-refractivity contribution < 1.29 is 4.74 Å². The van der Waals surface area contributed by atoms with Gasteiger partial charge in [-0.2, -0.15) is 0 Å². The molecule has 0 heterocycles. The van der Waals surface area contributed by atoms with Gasteiger partial charge in [-0.15, -0.1) is 0 Å². The van der Waals surface area contributed by atoms with Crippen LogP contribution in [-0.4, -0.2) is 12.6 Å². The first-order chi connectivity index (χ1) is 8.69. The molecular formula is C15H24N2O. The Kier molecular flexibility index (Phi) is 4.34. The second-order valence-corrected chi connectivity index (χ2v) is 5.36. The molecule has 0 bridgehead atoms. The molecule has 2 rings (SSSR count). The highest BCUT2D eigenvalue weighted by atomic mass is 16.5. The molecule has 0 spiro atoms. The first-order valence-electron chi connectivity index (χ1n) is 6.98. The number of hydrogen-bond acceptors (Lipinski definition) is 3. The van der Waals surface area contributed by atoms with Gasteiger partial charge in [-0.3, -0.25) is 0 Å². The molecule has 3 nitrogen and oxygen atoms in total. The molecule has 0 aliphatic heterocycles. The van der Waals surface area contributed by atoms with Crippen LogP contribution in [-0.2, 0) is 0 Å². The summed E-state index contributed by atoms with van der Waals surface area (Å²) in [6, 6.07) is 6.58. The number of hydrogen-bond donors (Lipinski definition) is 2. The smallest absolute Gasteiger partial charge is 0.144 e. The van der Waals surface area contributed by atoms with Crippen LogP contribution in [0, 0.1) is 5.92 Å². The van der Waals surface area contributed by atoms with Crippen LogP contribution in [0.1, 0.15) is 39.5 Å². The molecule has 2 unspecified atom stereocenters. The Labute approximate surface area is 110 Å². The topological polar surface area (TPSA) is 47.3 Å².